The van der Waals surface area contributed by atoms with Crippen LogP contribution >= 0.6 is 0 Å². The molecule has 17 heavy (non-hydrogen) atoms. The Labute approximate surface area is 101 Å². The lowest BCUT2D eigenvalue weighted by molar-refractivity contribution is -0.119. The van der Waals surface area contributed by atoms with Crippen LogP contribution in [-0.4, -0.2) is 15.3 Å². The summed E-state index contributed by atoms with van der Waals surface area (Å²) in [5.41, 5.74) is 1.95. The molecular weight excluding hydrogens is 212 g/mol. The van der Waals surface area contributed by atoms with Gasteiger partial charge < -0.3 is 4.57 Å². The predicted octanol–water partition coefficient (Wildman–Crippen LogP) is 2.96. The fraction of sp³-hybridized carbons (Fsp3) is 0.286. The van der Waals surface area contributed by atoms with Gasteiger partial charge >= 0.3 is 0 Å². The number of nitrogens with zero attached hydrogens (tertiary/aromatic N) is 2. The van der Waals surface area contributed by atoms with E-state index in [1.165, 1.54) is 0 Å². The number of Topliss-reactive ketones (excluding diaryl/α,β-unsaturated/α-hetero) is 1. The molecule has 3 heteroatoms. The number of unbranched alkanes of at least 4 members (excludes halogenated alkanes) is 1. The third kappa shape index (κ3) is 2.81. The van der Waals surface area contributed by atoms with Gasteiger partial charge in [-0.3, -0.25) is 4.79 Å². The van der Waals surface area contributed by atoms with E-state index in [2.05, 4.69) is 11.6 Å². The molecule has 0 radical (unpaired) electrons. The van der Waals surface area contributed by atoms with Gasteiger partial charge in [0.2, 0.25) is 0 Å². The summed E-state index contributed by atoms with van der Waals surface area (Å²) >= 11 is 0. The molecule has 0 atom stereocenters. The highest BCUT2D eigenvalue weighted by Crippen LogP contribution is 2.12. The number of hydrogen-bond acceptors (Lipinski definition) is 2. The minimum absolute atomic E-state index is 0.245. The zero-order chi connectivity index (χ0) is 12.1. The molecule has 0 bridgehead atoms. The molecule has 2 aromatic rings. The predicted molar refractivity (Wildman–Crippen MR) is 68.8 cm³/mol. The van der Waals surface area contributed by atoms with E-state index >= 15 is 0 Å². The van der Waals surface area contributed by atoms with Crippen LogP contribution in [0.5, 0.6) is 0 Å². The lowest BCUT2D eigenvalue weighted by atomic mass is 10.2. The third-order valence-corrected chi connectivity index (χ3v) is 2.74. The molecule has 0 N–H and O–H groups in total. The number of ketones is 1. The Morgan fingerprint density at radius 2 is 2.24 bits per heavy atom. The lowest BCUT2D eigenvalue weighted by Crippen LogP contribution is -2.08. The van der Waals surface area contributed by atoms with E-state index in [0.29, 0.717) is 13.0 Å². The molecule has 1 heterocycles. The topological polar surface area (TPSA) is 34.9 Å². The second-order valence-corrected chi connectivity index (χ2v) is 4.08. The summed E-state index contributed by atoms with van der Waals surface area (Å²) in [4.78, 5) is 16.0. The van der Waals surface area contributed by atoms with Crippen molar-refractivity contribution in [3.8, 4) is 0 Å². The Kier molecular flexibility index (Phi) is 3.70. The van der Waals surface area contributed by atoms with Crippen LogP contribution in [0.15, 0.2) is 43.2 Å². The molecule has 0 unspecified atom stereocenters. The SMILES string of the molecule is C=CCCCC(=O)Cn1cnc2ccccc21. The first-order chi connectivity index (χ1) is 8.31. The highest BCUT2D eigenvalue weighted by Gasteiger charge is 2.06. The van der Waals surface area contributed by atoms with E-state index in [0.717, 1.165) is 23.9 Å². The quantitative estimate of drug-likeness (QED) is 0.562. The van der Waals surface area contributed by atoms with Crippen molar-refractivity contribution in [1.82, 2.24) is 9.55 Å². The highest BCUT2D eigenvalue weighted by molar-refractivity contribution is 5.81. The van der Waals surface area contributed by atoms with Crippen LogP contribution < -0.4 is 0 Å². The number of carbonyl (C=O) groups excluding carboxylic acids is 1. The number of imidazole rings is 1. The van der Waals surface area contributed by atoms with Crippen molar-refractivity contribution in [3.63, 3.8) is 0 Å². The molecule has 2 rings (SSSR count). The molecule has 1 aromatic heterocycles. The van der Waals surface area contributed by atoms with Crippen LogP contribution in [0.2, 0.25) is 0 Å². The maximum atomic E-state index is 11.7. The zero-order valence-electron chi connectivity index (χ0n) is 9.80. The molecule has 0 fully saturated rings. The van der Waals surface area contributed by atoms with Crippen molar-refractivity contribution in [2.75, 3.05) is 0 Å². The fourth-order valence-corrected chi connectivity index (χ4v) is 1.85. The van der Waals surface area contributed by atoms with Crippen LogP contribution in [-0.2, 0) is 11.3 Å². The average molecular weight is 228 g/mol. The van der Waals surface area contributed by atoms with E-state index in [1.54, 1.807) is 6.33 Å². The van der Waals surface area contributed by atoms with Crippen molar-refractivity contribution >= 4 is 16.8 Å². The Bertz CT molecular complexity index is 528. The summed E-state index contributed by atoms with van der Waals surface area (Å²) in [7, 11) is 0. The summed E-state index contributed by atoms with van der Waals surface area (Å²) < 4.78 is 1.91. The van der Waals surface area contributed by atoms with Crippen LogP contribution in [0.1, 0.15) is 19.3 Å². The number of aromatic nitrogens is 2. The van der Waals surface area contributed by atoms with E-state index < -0.39 is 0 Å². The number of para-hydroxylation sites is 2. The molecule has 0 saturated heterocycles. The largest absolute Gasteiger partial charge is 0.323 e. The maximum Gasteiger partial charge on any atom is 0.152 e. The second-order valence-electron chi connectivity index (χ2n) is 4.08. The normalized spacial score (nSPS) is 10.6. The first-order valence-electron chi connectivity index (χ1n) is 5.83. The van der Waals surface area contributed by atoms with Crippen molar-refractivity contribution in [2.45, 2.75) is 25.8 Å². The van der Waals surface area contributed by atoms with Crippen LogP contribution in [0.4, 0.5) is 0 Å². The molecule has 3 nitrogen and oxygen atoms in total. The minimum Gasteiger partial charge on any atom is -0.323 e. The van der Waals surface area contributed by atoms with Gasteiger partial charge in [-0.2, -0.15) is 0 Å². The first-order valence-corrected chi connectivity index (χ1v) is 5.83. The Morgan fingerprint density at radius 3 is 3.06 bits per heavy atom. The number of fused-ring (bicyclic) bond motifs is 1. The van der Waals surface area contributed by atoms with E-state index in [9.17, 15) is 4.79 Å². The fourth-order valence-electron chi connectivity index (χ4n) is 1.85. The molecular formula is C14H16N2O. The van der Waals surface area contributed by atoms with E-state index in [4.69, 9.17) is 0 Å². The van der Waals surface area contributed by atoms with Gasteiger partial charge in [0, 0.05) is 6.42 Å². The summed E-state index contributed by atoms with van der Waals surface area (Å²) in [6.07, 6.45) is 5.97. The Balaban J connectivity index is 2.03. The summed E-state index contributed by atoms with van der Waals surface area (Å²) in [6, 6.07) is 7.85. The highest BCUT2D eigenvalue weighted by atomic mass is 16.1. The van der Waals surface area contributed by atoms with Crippen molar-refractivity contribution < 1.29 is 4.79 Å². The van der Waals surface area contributed by atoms with Gasteiger partial charge in [0.1, 0.15) is 0 Å². The van der Waals surface area contributed by atoms with Gasteiger partial charge in [-0.25, -0.2) is 4.98 Å². The Morgan fingerprint density at radius 1 is 1.41 bits per heavy atom. The number of benzene rings is 1. The van der Waals surface area contributed by atoms with Crippen molar-refractivity contribution in [2.24, 2.45) is 0 Å². The monoisotopic (exact) mass is 228 g/mol. The zero-order valence-corrected chi connectivity index (χ0v) is 9.80. The summed E-state index contributed by atoms with van der Waals surface area (Å²) in [5.74, 6) is 0.245. The average Bonchev–Trinajstić information content (AvgIpc) is 2.73. The summed E-state index contributed by atoms with van der Waals surface area (Å²) in [5, 5.41) is 0. The third-order valence-electron chi connectivity index (χ3n) is 2.74. The van der Waals surface area contributed by atoms with E-state index in [1.807, 2.05) is 34.9 Å². The lowest BCUT2D eigenvalue weighted by Gasteiger charge is -2.02. The molecule has 1 aromatic carbocycles. The van der Waals surface area contributed by atoms with Crippen LogP contribution in [0.25, 0.3) is 11.0 Å². The molecule has 0 aliphatic heterocycles. The molecule has 0 aliphatic rings. The molecule has 0 saturated carbocycles. The van der Waals surface area contributed by atoms with Gasteiger partial charge in [-0.1, -0.05) is 18.2 Å². The standard InChI is InChI=1S/C14H16N2O/c1-2-3-4-7-12(17)10-16-11-15-13-8-5-6-9-14(13)16/h2,5-6,8-9,11H,1,3-4,7,10H2. The molecule has 88 valence electrons. The van der Waals surface area contributed by atoms with Gasteiger partial charge in [-0.05, 0) is 25.0 Å². The van der Waals surface area contributed by atoms with E-state index in [-0.39, 0.29) is 5.78 Å². The van der Waals surface area contributed by atoms with Crippen LogP contribution in [0.3, 0.4) is 0 Å². The second kappa shape index (κ2) is 5.43. The van der Waals surface area contributed by atoms with Gasteiger partial charge in [0.15, 0.2) is 5.78 Å². The van der Waals surface area contributed by atoms with Gasteiger partial charge in [-0.15, -0.1) is 6.58 Å². The van der Waals surface area contributed by atoms with Crippen molar-refractivity contribution in [3.05, 3.63) is 43.2 Å². The van der Waals surface area contributed by atoms with Gasteiger partial charge in [0.05, 0.1) is 23.9 Å². The molecule has 0 spiro atoms. The maximum absolute atomic E-state index is 11.7. The van der Waals surface area contributed by atoms with Crippen LogP contribution in [0, 0.1) is 0 Å². The minimum atomic E-state index is 0.245. The Hall–Kier alpha value is -1.90. The molecule has 0 amide bonds. The number of rotatable bonds is 6. The first kappa shape index (κ1) is 11.6. The van der Waals surface area contributed by atoms with Crippen molar-refractivity contribution in [1.29, 1.82) is 0 Å². The number of carbonyl (C=O) groups is 1. The number of allylic oxidation sites excluding steroid dienone is 1. The number of hydrogen-bond donors (Lipinski definition) is 0. The molecule has 0 aliphatic carbocycles. The summed E-state index contributed by atoms with van der Waals surface area (Å²) in [6.45, 7) is 4.06. The van der Waals surface area contributed by atoms with Gasteiger partial charge in [0.25, 0.3) is 0 Å². The smallest absolute Gasteiger partial charge is 0.152 e.